The number of rotatable bonds is 2. The van der Waals surface area contributed by atoms with Crippen LogP contribution >= 0.6 is 0 Å². The molecule has 4 rings (SSSR count). The highest BCUT2D eigenvalue weighted by molar-refractivity contribution is 5.89. The predicted molar refractivity (Wildman–Crippen MR) is 102 cm³/mol. The Morgan fingerprint density at radius 1 is 1.07 bits per heavy atom. The number of carbonyl (C=O) groups excluding carboxylic acids is 2. The van der Waals surface area contributed by atoms with Crippen LogP contribution in [0, 0.1) is 40.4 Å². The average molecular weight is 415 g/mol. The molecule has 0 aromatic rings. The van der Waals surface area contributed by atoms with Crippen LogP contribution in [0.3, 0.4) is 0 Å². The molecule has 0 radical (unpaired) electrons. The van der Waals surface area contributed by atoms with Gasteiger partial charge in [0.1, 0.15) is 11.9 Å². The molecule has 0 aromatic heterocycles. The third kappa shape index (κ3) is 3.52. The molecule has 0 aliphatic heterocycles. The number of hydrogen-bond acceptors (Lipinski definition) is 3. The van der Waals surface area contributed by atoms with E-state index < -0.39 is 23.9 Å². The molecule has 4 aliphatic carbocycles. The Hall–Kier alpha value is -1.07. The summed E-state index contributed by atoms with van der Waals surface area (Å²) in [5, 5.41) is 0. The number of fused-ring (bicyclic) bond motifs is 5. The minimum atomic E-state index is -4.28. The van der Waals surface area contributed by atoms with Gasteiger partial charge in [0.15, 0.2) is 0 Å². The number of ether oxygens (including phenoxy) is 1. The molecule has 4 aliphatic rings. The first-order valence-electron chi connectivity index (χ1n) is 11.2. The largest absolute Gasteiger partial charge is 0.463 e. The van der Waals surface area contributed by atoms with Gasteiger partial charge < -0.3 is 4.74 Å². The van der Waals surface area contributed by atoms with Crippen molar-refractivity contribution in [2.24, 2.45) is 40.4 Å². The van der Waals surface area contributed by atoms with Gasteiger partial charge in [-0.1, -0.05) is 13.8 Å². The maximum Gasteiger partial charge on any atom is 0.389 e. The van der Waals surface area contributed by atoms with E-state index in [9.17, 15) is 22.8 Å². The minimum Gasteiger partial charge on any atom is -0.463 e. The summed E-state index contributed by atoms with van der Waals surface area (Å²) < 4.78 is 44.6. The third-order valence-corrected chi connectivity index (χ3v) is 9.29. The van der Waals surface area contributed by atoms with Crippen LogP contribution in [-0.4, -0.2) is 24.0 Å². The van der Waals surface area contributed by atoms with Crippen LogP contribution in [0.15, 0.2) is 0 Å². The predicted octanol–water partition coefficient (Wildman–Crippen LogP) is 5.71. The Morgan fingerprint density at radius 2 is 1.79 bits per heavy atom. The molecule has 0 N–H and O–H groups in total. The van der Waals surface area contributed by atoms with Crippen molar-refractivity contribution in [3.8, 4) is 0 Å². The van der Waals surface area contributed by atoms with Gasteiger partial charge in [0.05, 0.1) is 6.42 Å². The van der Waals surface area contributed by atoms with Crippen molar-refractivity contribution in [2.45, 2.75) is 90.8 Å². The van der Waals surface area contributed by atoms with Gasteiger partial charge in [0, 0.05) is 18.3 Å². The van der Waals surface area contributed by atoms with E-state index in [1.165, 1.54) is 6.92 Å². The van der Waals surface area contributed by atoms with E-state index in [4.69, 9.17) is 4.74 Å². The molecular formula is C23H33F3O3. The van der Waals surface area contributed by atoms with Crippen molar-refractivity contribution in [3.05, 3.63) is 0 Å². The van der Waals surface area contributed by atoms with Crippen LogP contribution in [-0.2, 0) is 14.3 Å². The van der Waals surface area contributed by atoms with Crippen LogP contribution in [0.2, 0.25) is 0 Å². The highest BCUT2D eigenvalue weighted by Crippen LogP contribution is 2.66. The van der Waals surface area contributed by atoms with Crippen molar-refractivity contribution in [2.75, 3.05) is 0 Å². The molecule has 164 valence electrons. The lowest BCUT2D eigenvalue weighted by Crippen LogP contribution is -2.54. The maximum absolute atomic E-state index is 13.0. The van der Waals surface area contributed by atoms with Crippen LogP contribution in [0.5, 0.6) is 0 Å². The summed E-state index contributed by atoms with van der Waals surface area (Å²) in [6, 6.07) is 0. The summed E-state index contributed by atoms with van der Waals surface area (Å²) in [6.07, 6.45) is 1.62. The Morgan fingerprint density at radius 3 is 2.45 bits per heavy atom. The monoisotopic (exact) mass is 414 g/mol. The number of Topliss-reactive ketones (excluding diaryl/α,β-unsaturated/α-hetero) is 1. The van der Waals surface area contributed by atoms with Gasteiger partial charge in [0.25, 0.3) is 0 Å². The van der Waals surface area contributed by atoms with Crippen molar-refractivity contribution >= 4 is 11.8 Å². The Kier molecular flexibility index (Phi) is 5.10. The fourth-order valence-electron chi connectivity index (χ4n) is 7.96. The number of ketones is 1. The molecule has 4 saturated carbocycles. The standard InChI is InChI=1S/C23H33F3O3/c1-13(27)29-16-6-8-21(2)15(11-16)4-5-17-18(21)7-9-22(3)19(17)10-14(20(22)28)12-23(24,25)26/h14-19H,4-12H2,1-3H3/t14-,15-,16-,17-,18+,19+,21+,22+/m1/s1. The smallest absolute Gasteiger partial charge is 0.389 e. The molecule has 29 heavy (non-hydrogen) atoms. The first kappa shape index (κ1) is 21.2. The highest BCUT2D eigenvalue weighted by Gasteiger charge is 2.63. The molecule has 3 nitrogen and oxygen atoms in total. The normalized spacial score (nSPS) is 47.2. The van der Waals surface area contributed by atoms with Crippen molar-refractivity contribution < 1.29 is 27.5 Å². The second-order valence-electron chi connectivity index (χ2n) is 10.7. The lowest BCUT2D eigenvalue weighted by atomic mass is 9.45. The van der Waals surface area contributed by atoms with Crippen LogP contribution < -0.4 is 0 Å². The second-order valence-corrected chi connectivity index (χ2v) is 10.7. The number of carbonyl (C=O) groups is 2. The average Bonchev–Trinajstić information content (AvgIpc) is 2.85. The number of halogens is 3. The molecule has 0 spiro atoms. The summed E-state index contributed by atoms with van der Waals surface area (Å²) in [7, 11) is 0. The molecule has 0 unspecified atom stereocenters. The summed E-state index contributed by atoms with van der Waals surface area (Å²) in [6.45, 7) is 5.75. The molecule has 0 bridgehead atoms. The van der Waals surface area contributed by atoms with Crippen molar-refractivity contribution in [1.82, 2.24) is 0 Å². The van der Waals surface area contributed by atoms with Gasteiger partial charge in [-0.05, 0) is 80.5 Å². The second kappa shape index (κ2) is 6.98. The SMILES string of the molecule is CC(=O)O[C@@H]1CC[C@@]2(C)[C@H](CC[C@@H]3[C@@H]2CC[C@]2(C)C(=O)[C@@H](CC(F)(F)F)C[C@@H]32)C1. The molecule has 6 heteroatoms. The molecule has 4 fully saturated rings. The van der Waals surface area contributed by atoms with Crippen molar-refractivity contribution in [1.29, 1.82) is 0 Å². The Bertz CT molecular complexity index is 689. The molecule has 8 atom stereocenters. The zero-order valence-corrected chi connectivity index (χ0v) is 17.7. The summed E-state index contributed by atoms with van der Waals surface area (Å²) >= 11 is 0. The van der Waals surface area contributed by atoms with Gasteiger partial charge >= 0.3 is 12.1 Å². The fourth-order valence-corrected chi connectivity index (χ4v) is 7.96. The number of alkyl halides is 3. The molecule has 0 amide bonds. The van der Waals surface area contributed by atoms with Crippen LogP contribution in [0.1, 0.15) is 78.6 Å². The van der Waals surface area contributed by atoms with E-state index in [1.54, 1.807) is 0 Å². The molecule has 0 heterocycles. The van der Waals surface area contributed by atoms with E-state index in [0.717, 1.165) is 44.9 Å². The molecule has 0 aromatic carbocycles. The van der Waals surface area contributed by atoms with Crippen LogP contribution in [0.25, 0.3) is 0 Å². The zero-order chi connectivity index (χ0) is 21.2. The topological polar surface area (TPSA) is 43.4 Å². The summed E-state index contributed by atoms with van der Waals surface area (Å²) in [5.74, 6) is 0.191. The van der Waals surface area contributed by atoms with Gasteiger partial charge in [-0.25, -0.2) is 0 Å². The van der Waals surface area contributed by atoms with Gasteiger partial charge in [-0.2, -0.15) is 13.2 Å². The first-order valence-corrected chi connectivity index (χ1v) is 11.2. The van der Waals surface area contributed by atoms with Crippen LogP contribution in [0.4, 0.5) is 13.2 Å². The zero-order valence-electron chi connectivity index (χ0n) is 17.7. The highest BCUT2D eigenvalue weighted by atomic mass is 19.4. The number of hydrogen-bond donors (Lipinski definition) is 0. The minimum absolute atomic E-state index is 0.000191. The van der Waals surface area contributed by atoms with Gasteiger partial charge in [-0.15, -0.1) is 0 Å². The summed E-state index contributed by atoms with van der Waals surface area (Å²) in [4.78, 5) is 24.3. The Balaban J connectivity index is 1.53. The lowest BCUT2D eigenvalue weighted by molar-refractivity contribution is -0.160. The van der Waals surface area contributed by atoms with E-state index in [0.29, 0.717) is 24.2 Å². The first-order chi connectivity index (χ1) is 13.4. The van der Waals surface area contributed by atoms with E-state index in [-0.39, 0.29) is 29.2 Å². The van der Waals surface area contributed by atoms with E-state index in [2.05, 4.69) is 6.92 Å². The lowest BCUT2D eigenvalue weighted by Gasteiger charge is -2.60. The molecular weight excluding hydrogens is 381 g/mol. The molecule has 0 saturated heterocycles. The van der Waals surface area contributed by atoms with Crippen molar-refractivity contribution in [3.63, 3.8) is 0 Å². The van der Waals surface area contributed by atoms with Gasteiger partial charge in [-0.3, -0.25) is 9.59 Å². The summed E-state index contributed by atoms with van der Waals surface area (Å²) in [5.41, 5.74) is -0.429. The fraction of sp³-hybridized carbons (Fsp3) is 0.913. The number of esters is 1. The Labute approximate surface area is 171 Å². The van der Waals surface area contributed by atoms with E-state index in [1.807, 2.05) is 6.92 Å². The van der Waals surface area contributed by atoms with Gasteiger partial charge in [0.2, 0.25) is 0 Å². The quantitative estimate of drug-likeness (QED) is 0.544. The van der Waals surface area contributed by atoms with E-state index >= 15 is 0 Å². The maximum atomic E-state index is 13.0. The third-order valence-electron chi connectivity index (χ3n) is 9.29.